The van der Waals surface area contributed by atoms with E-state index in [4.69, 9.17) is 20.4 Å². The molecule has 0 aliphatic carbocycles. The molecule has 0 heterocycles. The number of aliphatic hydroxyl groups is 4. The second kappa shape index (κ2) is 4.61. The molecule has 0 aliphatic rings. The number of hydrogen-bond acceptors (Lipinski definition) is 4. The molecule has 4 N–H and O–H groups in total. The van der Waals surface area contributed by atoms with E-state index in [1.54, 1.807) is 38.1 Å². The summed E-state index contributed by atoms with van der Waals surface area (Å²) in [5.41, 5.74) is 2.05. The zero-order chi connectivity index (χ0) is 12.3. The Hall–Kier alpha value is -2.10. The summed E-state index contributed by atoms with van der Waals surface area (Å²) in [5, 5.41) is 35.5. The highest BCUT2D eigenvalue weighted by atomic mass is 16.5. The van der Waals surface area contributed by atoms with Crippen LogP contribution in [-0.4, -0.2) is 20.4 Å². The molecule has 1 aromatic rings. The van der Waals surface area contributed by atoms with Gasteiger partial charge in [0.1, 0.15) is 0 Å². The minimum atomic E-state index is -0.718. The molecule has 86 valence electrons. The standard InChI is InChI=1S/C12H14O4/c1-7(11(13)14)9-3-5-10(6-4-9)8(2)12(15)16/h3-6,13-16H,1-2H3. The van der Waals surface area contributed by atoms with Gasteiger partial charge in [-0.25, -0.2) is 0 Å². The summed E-state index contributed by atoms with van der Waals surface area (Å²) in [4.78, 5) is 0. The first-order valence-electron chi connectivity index (χ1n) is 4.72. The van der Waals surface area contributed by atoms with Gasteiger partial charge in [0.25, 0.3) is 11.9 Å². The molecular formula is C12H14O4. The molecule has 0 bridgehead atoms. The molecule has 0 radical (unpaired) electrons. The highest BCUT2D eigenvalue weighted by Gasteiger charge is 2.05. The van der Waals surface area contributed by atoms with Gasteiger partial charge in [0.05, 0.1) is 0 Å². The molecule has 1 rings (SSSR count). The summed E-state index contributed by atoms with van der Waals surface area (Å²) >= 11 is 0. The van der Waals surface area contributed by atoms with Gasteiger partial charge >= 0.3 is 0 Å². The van der Waals surface area contributed by atoms with Gasteiger partial charge in [-0.15, -0.1) is 0 Å². The third-order valence-electron chi connectivity index (χ3n) is 2.42. The molecule has 4 heteroatoms. The molecule has 0 amide bonds. The molecule has 0 spiro atoms. The van der Waals surface area contributed by atoms with E-state index in [0.29, 0.717) is 22.3 Å². The summed E-state index contributed by atoms with van der Waals surface area (Å²) in [6.45, 7) is 3.16. The molecule has 0 saturated heterocycles. The van der Waals surface area contributed by atoms with Crippen LogP contribution in [0.3, 0.4) is 0 Å². The van der Waals surface area contributed by atoms with Crippen LogP contribution in [0.1, 0.15) is 25.0 Å². The fraction of sp³-hybridized carbons (Fsp3) is 0.167. The first-order chi connectivity index (χ1) is 7.43. The van der Waals surface area contributed by atoms with Gasteiger partial charge in [0, 0.05) is 11.1 Å². The Morgan fingerprint density at radius 3 is 1.12 bits per heavy atom. The first kappa shape index (κ1) is 12.0. The molecule has 0 fully saturated rings. The SMILES string of the molecule is CC(=C(O)O)c1ccc(C(C)=C(O)O)cc1. The Kier molecular flexibility index (Phi) is 3.45. The quantitative estimate of drug-likeness (QED) is 0.579. The fourth-order valence-electron chi connectivity index (χ4n) is 1.23. The van der Waals surface area contributed by atoms with E-state index in [0.717, 1.165) is 0 Å². The molecule has 0 unspecified atom stereocenters. The zero-order valence-electron chi connectivity index (χ0n) is 9.10. The molecule has 0 aromatic heterocycles. The van der Waals surface area contributed by atoms with Crippen LogP contribution >= 0.6 is 0 Å². The second-order valence-corrected chi connectivity index (χ2v) is 3.47. The van der Waals surface area contributed by atoms with Crippen LogP contribution in [0.15, 0.2) is 36.2 Å². The van der Waals surface area contributed by atoms with Crippen LogP contribution < -0.4 is 0 Å². The fourth-order valence-corrected chi connectivity index (χ4v) is 1.23. The number of benzene rings is 1. The van der Waals surface area contributed by atoms with Crippen molar-refractivity contribution < 1.29 is 20.4 Å². The Labute approximate surface area is 93.4 Å². The first-order valence-corrected chi connectivity index (χ1v) is 4.72. The number of hydrogen-bond donors (Lipinski definition) is 4. The Balaban J connectivity index is 3.11. The second-order valence-electron chi connectivity index (χ2n) is 3.47. The summed E-state index contributed by atoms with van der Waals surface area (Å²) in [5.74, 6) is -1.44. The maximum absolute atomic E-state index is 8.89. The summed E-state index contributed by atoms with van der Waals surface area (Å²) in [6, 6.07) is 6.68. The van der Waals surface area contributed by atoms with Gasteiger partial charge < -0.3 is 20.4 Å². The maximum Gasteiger partial charge on any atom is 0.277 e. The molecular weight excluding hydrogens is 208 g/mol. The van der Waals surface area contributed by atoms with Crippen molar-refractivity contribution in [3.63, 3.8) is 0 Å². The number of allylic oxidation sites excluding steroid dienone is 2. The largest absolute Gasteiger partial charge is 0.481 e. The zero-order valence-corrected chi connectivity index (χ0v) is 9.10. The monoisotopic (exact) mass is 222 g/mol. The molecule has 0 saturated carbocycles. The molecule has 0 aliphatic heterocycles. The van der Waals surface area contributed by atoms with Gasteiger partial charge in [-0.05, 0) is 25.0 Å². The van der Waals surface area contributed by atoms with E-state index >= 15 is 0 Å². The summed E-state index contributed by atoms with van der Waals surface area (Å²) < 4.78 is 0. The Morgan fingerprint density at radius 1 is 0.688 bits per heavy atom. The lowest BCUT2D eigenvalue weighted by molar-refractivity contribution is 0.193. The van der Waals surface area contributed by atoms with Crippen molar-refractivity contribution in [1.82, 2.24) is 0 Å². The third-order valence-corrected chi connectivity index (χ3v) is 2.42. The van der Waals surface area contributed by atoms with Gasteiger partial charge in [0.2, 0.25) is 0 Å². The highest BCUT2D eigenvalue weighted by molar-refractivity contribution is 5.69. The summed E-state index contributed by atoms with van der Waals surface area (Å²) in [7, 11) is 0. The van der Waals surface area contributed by atoms with Crippen molar-refractivity contribution in [1.29, 1.82) is 0 Å². The average Bonchev–Trinajstić information content (AvgIpc) is 2.27. The number of aliphatic hydroxyl groups excluding tert-OH is 2. The number of rotatable bonds is 2. The van der Waals surface area contributed by atoms with E-state index in [1.165, 1.54) is 0 Å². The average molecular weight is 222 g/mol. The van der Waals surface area contributed by atoms with Gasteiger partial charge in [0.15, 0.2) is 0 Å². The minimum absolute atomic E-state index is 0.362. The van der Waals surface area contributed by atoms with Crippen LogP contribution in [0, 0.1) is 0 Å². The van der Waals surface area contributed by atoms with Crippen molar-refractivity contribution in [2.75, 3.05) is 0 Å². The topological polar surface area (TPSA) is 80.9 Å². The Bertz CT molecular complexity index is 390. The normalized spacial score (nSPS) is 9.62. The van der Waals surface area contributed by atoms with Crippen LogP contribution in [0.5, 0.6) is 0 Å². The lowest BCUT2D eigenvalue weighted by Gasteiger charge is -2.05. The van der Waals surface area contributed by atoms with Crippen molar-refractivity contribution in [3.8, 4) is 0 Å². The van der Waals surface area contributed by atoms with Crippen LogP contribution in [0.4, 0.5) is 0 Å². The highest BCUT2D eigenvalue weighted by Crippen LogP contribution is 2.20. The van der Waals surface area contributed by atoms with E-state index < -0.39 is 11.9 Å². The van der Waals surface area contributed by atoms with E-state index in [1.807, 2.05) is 0 Å². The van der Waals surface area contributed by atoms with Gasteiger partial charge in [-0.1, -0.05) is 24.3 Å². The lowest BCUT2D eigenvalue weighted by atomic mass is 10.0. The van der Waals surface area contributed by atoms with Crippen molar-refractivity contribution in [3.05, 3.63) is 47.3 Å². The predicted octanol–water partition coefficient (Wildman–Crippen LogP) is 3.30. The maximum atomic E-state index is 8.89. The molecule has 4 nitrogen and oxygen atoms in total. The van der Waals surface area contributed by atoms with Crippen molar-refractivity contribution in [2.45, 2.75) is 13.8 Å². The molecule has 16 heavy (non-hydrogen) atoms. The smallest absolute Gasteiger partial charge is 0.277 e. The third kappa shape index (κ3) is 2.48. The van der Waals surface area contributed by atoms with E-state index in [2.05, 4.69) is 0 Å². The minimum Gasteiger partial charge on any atom is -0.481 e. The van der Waals surface area contributed by atoms with Crippen LogP contribution in [0.25, 0.3) is 11.1 Å². The van der Waals surface area contributed by atoms with E-state index in [-0.39, 0.29) is 0 Å². The molecule has 1 aromatic carbocycles. The molecule has 0 atom stereocenters. The Morgan fingerprint density at radius 2 is 0.938 bits per heavy atom. The van der Waals surface area contributed by atoms with Crippen molar-refractivity contribution in [2.24, 2.45) is 0 Å². The predicted molar refractivity (Wildman–Crippen MR) is 62.1 cm³/mol. The van der Waals surface area contributed by atoms with Gasteiger partial charge in [-0.3, -0.25) is 0 Å². The summed E-state index contributed by atoms with van der Waals surface area (Å²) in [6.07, 6.45) is 0. The van der Waals surface area contributed by atoms with Crippen LogP contribution in [0.2, 0.25) is 0 Å². The van der Waals surface area contributed by atoms with E-state index in [9.17, 15) is 0 Å². The van der Waals surface area contributed by atoms with Crippen LogP contribution in [-0.2, 0) is 0 Å². The lowest BCUT2D eigenvalue weighted by Crippen LogP contribution is -1.89. The van der Waals surface area contributed by atoms with Crippen molar-refractivity contribution >= 4 is 11.1 Å². The van der Waals surface area contributed by atoms with Gasteiger partial charge in [-0.2, -0.15) is 0 Å².